The summed E-state index contributed by atoms with van der Waals surface area (Å²) in [5.41, 5.74) is 2.05. The number of rotatable bonds is 6. The molecule has 31 heavy (non-hydrogen) atoms. The lowest BCUT2D eigenvalue weighted by Gasteiger charge is -2.16. The number of ether oxygens (including phenoxy) is 2. The van der Waals surface area contributed by atoms with E-state index in [-0.39, 0.29) is 0 Å². The van der Waals surface area contributed by atoms with Crippen molar-refractivity contribution in [2.75, 3.05) is 0 Å². The van der Waals surface area contributed by atoms with Gasteiger partial charge in [0.1, 0.15) is 5.71 Å². The number of hydrogen-bond acceptors (Lipinski definition) is 6. The molecule has 0 fully saturated rings. The Morgan fingerprint density at radius 1 is 1.23 bits per heavy atom. The van der Waals surface area contributed by atoms with Gasteiger partial charge in [-0.25, -0.2) is 9.78 Å². The van der Waals surface area contributed by atoms with E-state index in [1.54, 1.807) is 43.0 Å². The van der Waals surface area contributed by atoms with Crippen LogP contribution in [0.5, 0.6) is 11.5 Å². The van der Waals surface area contributed by atoms with Crippen molar-refractivity contribution >= 4 is 29.4 Å². The number of benzene rings is 2. The highest BCUT2D eigenvalue weighted by Gasteiger charge is 2.32. The Morgan fingerprint density at radius 3 is 2.84 bits per heavy atom. The van der Waals surface area contributed by atoms with Crippen LogP contribution in [0.1, 0.15) is 25.0 Å². The number of imidazole rings is 1. The first-order valence-electron chi connectivity index (χ1n) is 9.58. The number of aromatic nitrogens is 2. The molecular weight excluding hydrogens is 418 g/mol. The Labute approximate surface area is 184 Å². The van der Waals surface area contributed by atoms with Gasteiger partial charge in [0.25, 0.3) is 0 Å². The van der Waals surface area contributed by atoms with E-state index in [9.17, 15) is 4.79 Å². The van der Waals surface area contributed by atoms with E-state index in [0.29, 0.717) is 28.8 Å². The van der Waals surface area contributed by atoms with E-state index in [2.05, 4.69) is 10.1 Å². The molecule has 1 aromatic heterocycles. The lowest BCUT2D eigenvalue weighted by Crippen LogP contribution is -2.29. The highest BCUT2D eigenvalue weighted by molar-refractivity contribution is 6.30. The molecule has 8 heteroatoms. The summed E-state index contributed by atoms with van der Waals surface area (Å²) in [5, 5.41) is 4.69. The molecule has 0 bridgehead atoms. The summed E-state index contributed by atoms with van der Waals surface area (Å²) < 4.78 is 13.4. The molecule has 0 amide bonds. The van der Waals surface area contributed by atoms with Gasteiger partial charge in [-0.3, -0.25) is 0 Å². The fourth-order valence-corrected chi connectivity index (χ4v) is 3.23. The first kappa shape index (κ1) is 20.7. The minimum Gasteiger partial charge on any atom is -0.449 e. The number of halogens is 1. The lowest BCUT2D eigenvalue weighted by atomic mass is 10.1. The van der Waals surface area contributed by atoms with Crippen LogP contribution in [0.15, 0.2) is 72.4 Å². The van der Waals surface area contributed by atoms with Crippen molar-refractivity contribution in [2.45, 2.75) is 26.2 Å². The van der Waals surface area contributed by atoms with E-state index in [0.717, 1.165) is 11.1 Å². The maximum Gasteiger partial charge on any atom is 0.358 e. The molecule has 0 saturated heterocycles. The summed E-state index contributed by atoms with van der Waals surface area (Å²) in [5.74, 6) is -0.0876. The van der Waals surface area contributed by atoms with Crippen LogP contribution in [0.4, 0.5) is 0 Å². The molecule has 0 saturated carbocycles. The van der Waals surface area contributed by atoms with Crippen LogP contribution in [0.3, 0.4) is 0 Å². The second-order valence-corrected chi connectivity index (χ2v) is 7.77. The monoisotopic (exact) mass is 437 g/mol. The van der Waals surface area contributed by atoms with Crippen molar-refractivity contribution in [3.63, 3.8) is 0 Å². The normalized spacial score (nSPS) is 14.7. The first-order chi connectivity index (χ1) is 14.9. The standard InChI is InChI=1S/C23H20ClN3O4/c1-23(2)29-20-8-7-17(13-21(20)30-23)19(14-27-11-10-25-15-27)26-31-22(28)9-6-16-4-3-5-18(24)12-16/h3-13,15H,14H2,1-2H3/b9-6+,26-19+. The Balaban J connectivity index is 1.54. The van der Waals surface area contributed by atoms with Gasteiger partial charge in [0.15, 0.2) is 11.5 Å². The first-order valence-corrected chi connectivity index (χ1v) is 9.95. The van der Waals surface area contributed by atoms with Gasteiger partial charge in [0.05, 0.1) is 12.9 Å². The van der Waals surface area contributed by atoms with Gasteiger partial charge in [0, 0.05) is 42.9 Å². The maximum absolute atomic E-state index is 12.2. The van der Waals surface area contributed by atoms with E-state index in [4.69, 9.17) is 25.9 Å². The zero-order chi connectivity index (χ0) is 21.8. The van der Waals surface area contributed by atoms with Crippen LogP contribution in [0.2, 0.25) is 5.02 Å². The topological polar surface area (TPSA) is 74.9 Å². The van der Waals surface area contributed by atoms with Crippen LogP contribution in [0.25, 0.3) is 6.08 Å². The molecule has 2 aromatic carbocycles. The molecule has 4 rings (SSSR count). The van der Waals surface area contributed by atoms with Gasteiger partial charge in [-0.2, -0.15) is 0 Å². The van der Waals surface area contributed by atoms with Crippen LogP contribution in [-0.4, -0.2) is 27.0 Å². The highest BCUT2D eigenvalue weighted by Crippen LogP contribution is 2.39. The number of nitrogens with zero attached hydrogens (tertiary/aromatic N) is 3. The van der Waals surface area contributed by atoms with Crippen LogP contribution in [0, 0.1) is 0 Å². The molecule has 1 aliphatic heterocycles. The third-order valence-corrected chi connectivity index (χ3v) is 4.62. The largest absolute Gasteiger partial charge is 0.449 e. The summed E-state index contributed by atoms with van der Waals surface area (Å²) in [6.07, 6.45) is 8.03. The zero-order valence-corrected chi connectivity index (χ0v) is 17.7. The highest BCUT2D eigenvalue weighted by atomic mass is 35.5. The summed E-state index contributed by atoms with van der Waals surface area (Å²) in [6.45, 7) is 4.02. The van der Waals surface area contributed by atoms with E-state index in [1.165, 1.54) is 6.08 Å². The molecular formula is C23H20ClN3O4. The lowest BCUT2D eigenvalue weighted by molar-refractivity contribution is -0.137. The number of fused-ring (bicyclic) bond motifs is 1. The fraction of sp³-hybridized carbons (Fsp3) is 0.174. The number of carbonyl (C=O) groups excluding carboxylic acids is 1. The molecule has 2 heterocycles. The van der Waals surface area contributed by atoms with Gasteiger partial charge >= 0.3 is 5.97 Å². The Bertz CT molecular complexity index is 1150. The number of oxime groups is 1. The average Bonchev–Trinajstić information content (AvgIpc) is 3.34. The smallest absolute Gasteiger partial charge is 0.358 e. The van der Waals surface area contributed by atoms with Crippen molar-refractivity contribution in [1.29, 1.82) is 0 Å². The second-order valence-electron chi connectivity index (χ2n) is 7.34. The van der Waals surface area contributed by atoms with Crippen molar-refractivity contribution in [3.8, 4) is 11.5 Å². The van der Waals surface area contributed by atoms with Crippen molar-refractivity contribution in [1.82, 2.24) is 9.55 Å². The number of carbonyl (C=O) groups is 1. The molecule has 158 valence electrons. The third kappa shape index (κ3) is 5.32. The molecule has 0 spiro atoms. The van der Waals surface area contributed by atoms with Gasteiger partial charge in [-0.05, 0) is 42.0 Å². The Kier molecular flexibility index (Phi) is 5.77. The van der Waals surface area contributed by atoms with E-state index >= 15 is 0 Å². The predicted octanol–water partition coefficient (Wildman–Crippen LogP) is 4.70. The average molecular weight is 438 g/mol. The second kappa shape index (κ2) is 8.65. The van der Waals surface area contributed by atoms with Crippen molar-refractivity contribution < 1.29 is 19.1 Å². The Morgan fingerprint density at radius 2 is 2.06 bits per heavy atom. The molecule has 3 aromatic rings. The molecule has 0 N–H and O–H groups in total. The Hall–Kier alpha value is -3.58. The quantitative estimate of drug-likeness (QED) is 0.242. The molecule has 1 aliphatic rings. The summed E-state index contributed by atoms with van der Waals surface area (Å²) in [6, 6.07) is 12.6. The minimum absolute atomic E-state index is 0.355. The van der Waals surface area contributed by atoms with Crippen LogP contribution < -0.4 is 9.47 Å². The van der Waals surface area contributed by atoms with Crippen molar-refractivity contribution in [2.24, 2.45) is 5.16 Å². The summed E-state index contributed by atoms with van der Waals surface area (Å²) in [7, 11) is 0. The van der Waals surface area contributed by atoms with Gasteiger partial charge in [-0.1, -0.05) is 28.9 Å². The van der Waals surface area contributed by atoms with Crippen LogP contribution in [-0.2, 0) is 16.2 Å². The molecule has 0 radical (unpaired) electrons. The fourth-order valence-electron chi connectivity index (χ4n) is 3.03. The maximum atomic E-state index is 12.2. The van der Waals surface area contributed by atoms with Gasteiger partial charge in [-0.15, -0.1) is 0 Å². The van der Waals surface area contributed by atoms with Gasteiger partial charge in [0.2, 0.25) is 5.79 Å². The van der Waals surface area contributed by atoms with E-state index < -0.39 is 11.8 Å². The molecule has 0 atom stereocenters. The zero-order valence-electron chi connectivity index (χ0n) is 17.0. The summed E-state index contributed by atoms with van der Waals surface area (Å²) in [4.78, 5) is 21.4. The van der Waals surface area contributed by atoms with Crippen LogP contribution >= 0.6 is 11.6 Å². The summed E-state index contributed by atoms with van der Waals surface area (Å²) >= 11 is 5.96. The predicted molar refractivity (Wildman–Crippen MR) is 117 cm³/mol. The van der Waals surface area contributed by atoms with Gasteiger partial charge < -0.3 is 18.9 Å². The van der Waals surface area contributed by atoms with E-state index in [1.807, 2.05) is 42.7 Å². The molecule has 0 unspecified atom stereocenters. The molecule has 7 nitrogen and oxygen atoms in total. The SMILES string of the molecule is CC1(C)Oc2ccc(/C(Cn3ccnc3)=N/OC(=O)/C=C/c3cccc(Cl)c3)cc2O1. The minimum atomic E-state index is -0.736. The van der Waals surface area contributed by atoms with Crippen molar-refractivity contribution in [3.05, 3.63) is 83.4 Å². The molecule has 0 aliphatic carbocycles. The number of hydrogen-bond donors (Lipinski definition) is 0. The third-order valence-electron chi connectivity index (χ3n) is 4.39.